The van der Waals surface area contributed by atoms with Gasteiger partial charge in [0.25, 0.3) is 0 Å². The van der Waals surface area contributed by atoms with E-state index in [1.165, 1.54) is 32.1 Å². The Morgan fingerprint density at radius 2 is 1.86 bits per heavy atom. The van der Waals surface area contributed by atoms with Gasteiger partial charge in [0.15, 0.2) is 5.78 Å². The Morgan fingerprint density at radius 3 is 2.55 bits per heavy atom. The van der Waals surface area contributed by atoms with Crippen LogP contribution in [0, 0.1) is 0 Å². The van der Waals surface area contributed by atoms with Crippen LogP contribution in [0.5, 0.6) is 11.5 Å². The smallest absolute Gasteiger partial charge is 0.176 e. The Balaban J connectivity index is 2.00. The maximum absolute atomic E-state index is 12.5. The van der Waals surface area contributed by atoms with Crippen LogP contribution in [0.4, 0.5) is 0 Å². The molecule has 2 rings (SSSR count). The number of benzene rings is 1. The molecule has 0 N–H and O–H groups in total. The van der Waals surface area contributed by atoms with E-state index in [1.54, 1.807) is 11.8 Å². The van der Waals surface area contributed by atoms with Gasteiger partial charge in [-0.25, -0.2) is 0 Å². The lowest BCUT2D eigenvalue weighted by Crippen LogP contribution is -2.13. The molecule has 1 aliphatic carbocycles. The molecule has 1 aromatic rings. The third kappa shape index (κ3) is 4.94. The molecule has 0 aliphatic heterocycles. The Labute approximate surface area is 137 Å². The van der Waals surface area contributed by atoms with Crippen molar-refractivity contribution in [2.24, 2.45) is 0 Å². The normalized spacial score (nSPS) is 15.5. The van der Waals surface area contributed by atoms with Crippen molar-refractivity contribution in [1.29, 1.82) is 0 Å². The number of thioether (sulfide) groups is 1. The fourth-order valence-electron chi connectivity index (χ4n) is 2.77. The number of carbonyl (C=O) groups excluding carboxylic acids is 1. The van der Waals surface area contributed by atoms with Crippen molar-refractivity contribution in [1.82, 2.24) is 0 Å². The lowest BCUT2D eigenvalue weighted by molar-refractivity contribution is 0.101. The van der Waals surface area contributed by atoms with Crippen LogP contribution in [0.25, 0.3) is 0 Å². The molecule has 0 saturated heterocycles. The van der Waals surface area contributed by atoms with Gasteiger partial charge < -0.3 is 9.47 Å². The number of ketones is 1. The monoisotopic (exact) mass is 322 g/mol. The summed E-state index contributed by atoms with van der Waals surface area (Å²) < 4.78 is 11.1. The molecule has 0 amide bonds. The first-order valence-electron chi connectivity index (χ1n) is 8.29. The van der Waals surface area contributed by atoms with Crippen molar-refractivity contribution >= 4 is 17.5 Å². The Bertz CT molecular complexity index is 481. The van der Waals surface area contributed by atoms with Gasteiger partial charge in [0.2, 0.25) is 0 Å². The van der Waals surface area contributed by atoms with E-state index in [0.29, 0.717) is 35.5 Å². The van der Waals surface area contributed by atoms with Crippen LogP contribution in [-0.4, -0.2) is 30.0 Å². The molecule has 22 heavy (non-hydrogen) atoms. The van der Waals surface area contributed by atoms with E-state index in [0.717, 1.165) is 5.75 Å². The fraction of sp³-hybridized carbons (Fsp3) is 0.611. The number of hydrogen-bond acceptors (Lipinski definition) is 4. The molecular weight excluding hydrogens is 296 g/mol. The first-order chi connectivity index (χ1) is 10.7. The predicted molar refractivity (Wildman–Crippen MR) is 92.4 cm³/mol. The van der Waals surface area contributed by atoms with Gasteiger partial charge in [0, 0.05) is 11.3 Å². The van der Waals surface area contributed by atoms with Crippen LogP contribution in [0.2, 0.25) is 0 Å². The Kier molecular flexibility index (Phi) is 7.10. The molecule has 0 radical (unpaired) electrons. The van der Waals surface area contributed by atoms with Crippen molar-refractivity contribution in [3.8, 4) is 11.5 Å². The standard InChI is InChI=1S/C18H26O3S/c1-3-20-14-10-11-16(18(12-14)21-4-2)17(19)13-22-15-8-6-5-7-9-15/h10-12,15H,3-9,13H2,1-2H3. The lowest BCUT2D eigenvalue weighted by Gasteiger charge is -2.20. The van der Waals surface area contributed by atoms with Crippen LogP contribution >= 0.6 is 11.8 Å². The predicted octanol–water partition coefficient (Wildman–Crippen LogP) is 4.73. The first kappa shape index (κ1) is 17.2. The second-order valence-corrected chi connectivity index (χ2v) is 6.81. The van der Waals surface area contributed by atoms with Crippen molar-refractivity contribution in [3.05, 3.63) is 23.8 Å². The zero-order valence-electron chi connectivity index (χ0n) is 13.6. The summed E-state index contributed by atoms with van der Waals surface area (Å²) in [7, 11) is 0. The molecule has 0 unspecified atom stereocenters. The SMILES string of the molecule is CCOc1ccc(C(=O)CSC2CCCCC2)c(OCC)c1. The number of hydrogen-bond donors (Lipinski definition) is 0. The maximum Gasteiger partial charge on any atom is 0.176 e. The molecule has 0 aromatic heterocycles. The Hall–Kier alpha value is -1.16. The molecule has 1 aromatic carbocycles. The van der Waals surface area contributed by atoms with Crippen LogP contribution in [0.1, 0.15) is 56.3 Å². The largest absolute Gasteiger partial charge is 0.494 e. The van der Waals surface area contributed by atoms with E-state index in [9.17, 15) is 4.79 Å². The highest BCUT2D eigenvalue weighted by molar-refractivity contribution is 8.00. The minimum atomic E-state index is 0.155. The van der Waals surface area contributed by atoms with Gasteiger partial charge in [0.05, 0.1) is 24.5 Å². The molecule has 1 aliphatic rings. The summed E-state index contributed by atoms with van der Waals surface area (Å²) in [6.07, 6.45) is 6.45. The van der Waals surface area contributed by atoms with Crippen molar-refractivity contribution in [2.75, 3.05) is 19.0 Å². The van der Waals surface area contributed by atoms with Gasteiger partial charge in [-0.1, -0.05) is 19.3 Å². The average Bonchev–Trinajstić information content (AvgIpc) is 2.54. The fourth-order valence-corrected chi connectivity index (χ4v) is 3.98. The summed E-state index contributed by atoms with van der Waals surface area (Å²) in [4.78, 5) is 12.5. The highest BCUT2D eigenvalue weighted by Crippen LogP contribution is 2.31. The van der Waals surface area contributed by atoms with Crippen LogP contribution in [0.15, 0.2) is 18.2 Å². The van der Waals surface area contributed by atoms with Crippen molar-refractivity contribution in [2.45, 2.75) is 51.2 Å². The van der Waals surface area contributed by atoms with Gasteiger partial charge in [-0.3, -0.25) is 4.79 Å². The zero-order chi connectivity index (χ0) is 15.8. The molecular formula is C18H26O3S. The molecule has 3 nitrogen and oxygen atoms in total. The molecule has 0 atom stereocenters. The molecule has 0 bridgehead atoms. The minimum Gasteiger partial charge on any atom is -0.494 e. The third-order valence-corrected chi connectivity index (χ3v) is 5.24. The highest BCUT2D eigenvalue weighted by atomic mass is 32.2. The second kappa shape index (κ2) is 9.09. The van der Waals surface area contributed by atoms with E-state index >= 15 is 0 Å². The van der Waals surface area contributed by atoms with Crippen LogP contribution in [0.3, 0.4) is 0 Å². The maximum atomic E-state index is 12.5. The van der Waals surface area contributed by atoms with Crippen molar-refractivity contribution in [3.63, 3.8) is 0 Å². The van der Waals surface area contributed by atoms with Gasteiger partial charge in [-0.05, 0) is 38.8 Å². The summed E-state index contributed by atoms with van der Waals surface area (Å²) in [5.74, 6) is 2.09. The van der Waals surface area contributed by atoms with Gasteiger partial charge in [-0.15, -0.1) is 0 Å². The van der Waals surface area contributed by atoms with E-state index < -0.39 is 0 Å². The van der Waals surface area contributed by atoms with Crippen molar-refractivity contribution < 1.29 is 14.3 Å². The molecule has 0 spiro atoms. The van der Waals surface area contributed by atoms with Crippen LogP contribution < -0.4 is 9.47 Å². The summed E-state index contributed by atoms with van der Waals surface area (Å²) >= 11 is 1.81. The average molecular weight is 322 g/mol. The second-order valence-electron chi connectivity index (χ2n) is 5.52. The summed E-state index contributed by atoms with van der Waals surface area (Å²) in [6.45, 7) is 5.03. The molecule has 1 saturated carbocycles. The molecule has 122 valence electrons. The van der Waals surface area contributed by atoms with E-state index in [2.05, 4.69) is 0 Å². The number of rotatable bonds is 8. The van der Waals surface area contributed by atoms with Gasteiger partial charge >= 0.3 is 0 Å². The minimum absolute atomic E-state index is 0.155. The van der Waals surface area contributed by atoms with E-state index in [-0.39, 0.29) is 5.78 Å². The third-order valence-electron chi connectivity index (χ3n) is 3.87. The van der Waals surface area contributed by atoms with Gasteiger partial charge in [0.1, 0.15) is 11.5 Å². The molecule has 1 fully saturated rings. The molecule has 4 heteroatoms. The zero-order valence-corrected chi connectivity index (χ0v) is 14.4. The quantitative estimate of drug-likeness (QED) is 0.648. The first-order valence-corrected chi connectivity index (χ1v) is 9.34. The molecule has 0 heterocycles. The highest BCUT2D eigenvalue weighted by Gasteiger charge is 2.18. The summed E-state index contributed by atoms with van der Waals surface area (Å²) in [5.41, 5.74) is 0.675. The number of Topliss-reactive ketones (excluding diaryl/α,β-unsaturated/α-hetero) is 1. The van der Waals surface area contributed by atoms with Crippen LogP contribution in [-0.2, 0) is 0 Å². The number of ether oxygens (including phenoxy) is 2. The topological polar surface area (TPSA) is 35.5 Å². The number of carbonyl (C=O) groups is 1. The van der Waals surface area contributed by atoms with E-state index in [4.69, 9.17) is 9.47 Å². The lowest BCUT2D eigenvalue weighted by atomic mass is 10.0. The summed E-state index contributed by atoms with van der Waals surface area (Å²) in [5, 5.41) is 0.649. The Morgan fingerprint density at radius 1 is 1.14 bits per heavy atom. The van der Waals surface area contributed by atoms with Gasteiger partial charge in [-0.2, -0.15) is 11.8 Å². The van der Waals surface area contributed by atoms with E-state index in [1.807, 2.05) is 32.0 Å². The summed E-state index contributed by atoms with van der Waals surface area (Å²) in [6, 6.07) is 5.51.